The quantitative estimate of drug-likeness (QED) is 0.663. The highest BCUT2D eigenvalue weighted by molar-refractivity contribution is 6.30. The van der Waals surface area contributed by atoms with Crippen molar-refractivity contribution in [2.24, 2.45) is 0 Å². The van der Waals surface area contributed by atoms with Crippen molar-refractivity contribution < 1.29 is 9.90 Å². The Labute approximate surface area is 123 Å². The largest absolute Gasteiger partial charge is 0.507 e. The number of benzene rings is 2. The second kappa shape index (κ2) is 5.93. The van der Waals surface area contributed by atoms with Gasteiger partial charge in [0.25, 0.3) is 0 Å². The molecule has 0 amide bonds. The average molecular weight is 287 g/mol. The summed E-state index contributed by atoms with van der Waals surface area (Å²) in [4.78, 5) is 12.1. The molecule has 0 saturated carbocycles. The third-order valence-electron chi connectivity index (χ3n) is 3.05. The number of hydrogen-bond donors (Lipinski definition) is 1. The van der Waals surface area contributed by atoms with E-state index in [1.54, 1.807) is 18.2 Å². The lowest BCUT2D eigenvalue weighted by atomic mass is 10.0. The molecule has 0 spiro atoms. The van der Waals surface area contributed by atoms with E-state index in [-0.39, 0.29) is 11.5 Å². The number of carbonyl (C=O) groups excluding carboxylic acids is 1. The molecule has 0 aromatic heterocycles. The van der Waals surface area contributed by atoms with Crippen molar-refractivity contribution in [1.82, 2.24) is 0 Å². The Hall–Kier alpha value is -2.06. The van der Waals surface area contributed by atoms with Gasteiger partial charge in [-0.2, -0.15) is 0 Å². The van der Waals surface area contributed by atoms with Gasteiger partial charge in [0.05, 0.1) is 0 Å². The fourth-order valence-electron chi connectivity index (χ4n) is 2.00. The van der Waals surface area contributed by atoms with Crippen LogP contribution >= 0.6 is 11.6 Å². The van der Waals surface area contributed by atoms with Crippen LogP contribution in [0.5, 0.6) is 5.75 Å². The van der Waals surface area contributed by atoms with Crippen LogP contribution in [0.1, 0.15) is 27.0 Å². The van der Waals surface area contributed by atoms with Crippen LogP contribution in [0.25, 0.3) is 6.08 Å². The van der Waals surface area contributed by atoms with Crippen LogP contribution in [0.3, 0.4) is 0 Å². The standard InChI is InChI=1S/C17H15ClO2/c1-11-3-6-15(12(2)9-11)17(20)7-4-13-10-14(18)5-8-16(13)19/h3-10,19H,1-2H3. The normalized spacial score (nSPS) is 10.9. The number of aryl methyl sites for hydroxylation is 2. The number of aromatic hydroxyl groups is 1. The molecule has 0 unspecified atom stereocenters. The molecule has 2 rings (SSSR count). The fourth-order valence-corrected chi connectivity index (χ4v) is 2.18. The minimum atomic E-state index is -0.0955. The number of hydrogen-bond acceptors (Lipinski definition) is 2. The van der Waals surface area contributed by atoms with E-state index in [1.165, 1.54) is 12.1 Å². The van der Waals surface area contributed by atoms with Gasteiger partial charge in [-0.1, -0.05) is 35.4 Å². The molecule has 0 radical (unpaired) electrons. The lowest BCUT2D eigenvalue weighted by Crippen LogP contribution is -1.98. The van der Waals surface area contributed by atoms with E-state index in [9.17, 15) is 9.90 Å². The van der Waals surface area contributed by atoms with Crippen LogP contribution in [0.15, 0.2) is 42.5 Å². The van der Waals surface area contributed by atoms with Gasteiger partial charge in [0, 0.05) is 16.1 Å². The van der Waals surface area contributed by atoms with Gasteiger partial charge < -0.3 is 5.11 Å². The summed E-state index contributed by atoms with van der Waals surface area (Å²) in [6, 6.07) is 10.4. The second-order valence-electron chi connectivity index (χ2n) is 4.72. The highest BCUT2D eigenvalue weighted by atomic mass is 35.5. The molecule has 0 fully saturated rings. The molecule has 2 aromatic carbocycles. The van der Waals surface area contributed by atoms with Crippen LogP contribution < -0.4 is 0 Å². The number of carbonyl (C=O) groups is 1. The number of halogens is 1. The zero-order valence-corrected chi connectivity index (χ0v) is 12.1. The highest BCUT2D eigenvalue weighted by Crippen LogP contribution is 2.23. The van der Waals surface area contributed by atoms with Crippen molar-refractivity contribution in [3.8, 4) is 5.75 Å². The topological polar surface area (TPSA) is 37.3 Å². The Bertz CT molecular complexity index is 687. The maximum absolute atomic E-state index is 12.1. The van der Waals surface area contributed by atoms with Crippen LogP contribution in [0, 0.1) is 13.8 Å². The van der Waals surface area contributed by atoms with Gasteiger partial charge in [-0.15, -0.1) is 0 Å². The number of rotatable bonds is 3. The third kappa shape index (κ3) is 3.28. The molecule has 0 saturated heterocycles. The van der Waals surface area contributed by atoms with Crippen LogP contribution in [-0.2, 0) is 0 Å². The summed E-state index contributed by atoms with van der Waals surface area (Å²) < 4.78 is 0. The Kier molecular flexibility index (Phi) is 4.26. The third-order valence-corrected chi connectivity index (χ3v) is 3.29. The van der Waals surface area contributed by atoms with Crippen LogP contribution in [-0.4, -0.2) is 10.9 Å². The molecule has 0 heterocycles. The summed E-state index contributed by atoms with van der Waals surface area (Å²) in [6.45, 7) is 3.89. The molecular weight excluding hydrogens is 272 g/mol. The van der Waals surface area contributed by atoms with Crippen LogP contribution in [0.2, 0.25) is 5.02 Å². The SMILES string of the molecule is Cc1ccc(C(=O)C=Cc2cc(Cl)ccc2O)c(C)c1. The van der Waals surface area contributed by atoms with Crippen molar-refractivity contribution in [3.05, 3.63) is 69.8 Å². The molecule has 0 bridgehead atoms. The van der Waals surface area contributed by atoms with Gasteiger partial charge in [0.2, 0.25) is 0 Å². The molecule has 0 aliphatic heterocycles. The van der Waals surface area contributed by atoms with Gasteiger partial charge in [0.15, 0.2) is 5.78 Å². The number of phenols is 1. The molecule has 2 nitrogen and oxygen atoms in total. The predicted octanol–water partition coefficient (Wildman–Crippen LogP) is 4.56. The maximum Gasteiger partial charge on any atom is 0.186 e. The molecule has 20 heavy (non-hydrogen) atoms. The lowest BCUT2D eigenvalue weighted by molar-refractivity contribution is 0.104. The van der Waals surface area contributed by atoms with E-state index >= 15 is 0 Å². The Balaban J connectivity index is 2.27. The summed E-state index contributed by atoms with van der Waals surface area (Å²) in [6.07, 6.45) is 3.02. The van der Waals surface area contributed by atoms with E-state index < -0.39 is 0 Å². The maximum atomic E-state index is 12.1. The van der Waals surface area contributed by atoms with Crippen LogP contribution in [0.4, 0.5) is 0 Å². The van der Waals surface area contributed by atoms with E-state index in [0.29, 0.717) is 16.1 Å². The van der Waals surface area contributed by atoms with Crippen molar-refractivity contribution in [2.75, 3.05) is 0 Å². The first-order valence-electron chi connectivity index (χ1n) is 6.25. The Morgan fingerprint density at radius 3 is 2.60 bits per heavy atom. The molecule has 1 N–H and O–H groups in total. The van der Waals surface area contributed by atoms with E-state index in [0.717, 1.165) is 11.1 Å². The van der Waals surface area contributed by atoms with E-state index in [2.05, 4.69) is 0 Å². The molecule has 2 aromatic rings. The minimum Gasteiger partial charge on any atom is -0.507 e. The first-order valence-corrected chi connectivity index (χ1v) is 6.63. The summed E-state index contributed by atoms with van der Waals surface area (Å²) in [7, 11) is 0. The first kappa shape index (κ1) is 14.4. The van der Waals surface area contributed by atoms with Crippen molar-refractivity contribution in [2.45, 2.75) is 13.8 Å². The zero-order valence-electron chi connectivity index (χ0n) is 11.4. The monoisotopic (exact) mass is 286 g/mol. The molecule has 0 atom stereocenters. The highest BCUT2D eigenvalue weighted by Gasteiger charge is 2.06. The zero-order chi connectivity index (χ0) is 14.7. The second-order valence-corrected chi connectivity index (χ2v) is 5.16. The number of ketones is 1. The summed E-state index contributed by atoms with van der Waals surface area (Å²) in [5, 5.41) is 10.2. The number of phenolic OH excluding ortho intramolecular Hbond substituents is 1. The first-order chi connectivity index (χ1) is 9.47. The van der Waals surface area contributed by atoms with Gasteiger partial charge in [0.1, 0.15) is 5.75 Å². The van der Waals surface area contributed by atoms with Gasteiger partial charge in [-0.05, 0) is 49.8 Å². The molecule has 102 valence electrons. The lowest BCUT2D eigenvalue weighted by Gasteiger charge is -2.03. The Morgan fingerprint density at radius 2 is 1.90 bits per heavy atom. The van der Waals surface area contributed by atoms with Crippen molar-refractivity contribution >= 4 is 23.5 Å². The smallest absolute Gasteiger partial charge is 0.186 e. The van der Waals surface area contributed by atoms with Crippen molar-refractivity contribution in [3.63, 3.8) is 0 Å². The number of allylic oxidation sites excluding steroid dienone is 1. The average Bonchev–Trinajstić information content (AvgIpc) is 2.39. The Morgan fingerprint density at radius 1 is 1.15 bits per heavy atom. The van der Waals surface area contributed by atoms with Gasteiger partial charge in [-0.3, -0.25) is 4.79 Å². The van der Waals surface area contributed by atoms with Gasteiger partial charge >= 0.3 is 0 Å². The summed E-state index contributed by atoms with van der Waals surface area (Å²) in [5.41, 5.74) is 3.24. The molecular formula is C17H15ClO2. The summed E-state index contributed by atoms with van der Waals surface area (Å²) >= 11 is 5.86. The fraction of sp³-hybridized carbons (Fsp3) is 0.118. The molecule has 0 aliphatic carbocycles. The molecule has 0 aliphatic rings. The predicted molar refractivity (Wildman–Crippen MR) is 82.4 cm³/mol. The summed E-state index contributed by atoms with van der Waals surface area (Å²) in [5.74, 6) is 0.000883. The van der Waals surface area contributed by atoms with E-state index in [4.69, 9.17) is 11.6 Å². The van der Waals surface area contributed by atoms with E-state index in [1.807, 2.05) is 32.0 Å². The van der Waals surface area contributed by atoms with Crippen molar-refractivity contribution in [1.29, 1.82) is 0 Å². The molecule has 3 heteroatoms. The van der Waals surface area contributed by atoms with Gasteiger partial charge in [-0.25, -0.2) is 0 Å². The minimum absolute atomic E-state index is 0.0955.